The summed E-state index contributed by atoms with van der Waals surface area (Å²) in [5.41, 5.74) is 1.16. The molecule has 1 aliphatic rings. The van der Waals surface area contributed by atoms with E-state index in [-0.39, 0.29) is 6.04 Å². The molecule has 1 aromatic rings. The SMILES string of the molecule is CCCc1c(NC)ncnc1NC(C)C1CCCO1. The standard InChI is InChI=1S/C14H24N4O/c1-4-6-11-13(15-3)16-9-17-14(11)18-10(2)12-7-5-8-19-12/h9-10,12H,4-8H2,1-3H3,(H2,15,16,17,18). The molecule has 2 unspecified atom stereocenters. The van der Waals surface area contributed by atoms with Crippen molar-refractivity contribution >= 4 is 11.6 Å². The van der Waals surface area contributed by atoms with Crippen LogP contribution in [0, 0.1) is 0 Å². The van der Waals surface area contributed by atoms with Crippen LogP contribution in [0.5, 0.6) is 0 Å². The van der Waals surface area contributed by atoms with E-state index < -0.39 is 0 Å². The monoisotopic (exact) mass is 264 g/mol. The molecule has 0 saturated carbocycles. The van der Waals surface area contributed by atoms with E-state index >= 15 is 0 Å². The lowest BCUT2D eigenvalue weighted by Crippen LogP contribution is -2.31. The molecule has 1 aliphatic heterocycles. The third-order valence-corrected chi connectivity index (χ3v) is 3.57. The summed E-state index contributed by atoms with van der Waals surface area (Å²) >= 11 is 0. The maximum atomic E-state index is 5.72. The zero-order valence-electron chi connectivity index (χ0n) is 12.1. The predicted octanol–water partition coefficient (Wildman–Crippen LogP) is 2.45. The van der Waals surface area contributed by atoms with E-state index in [9.17, 15) is 0 Å². The Balaban J connectivity index is 2.13. The molecule has 106 valence electrons. The van der Waals surface area contributed by atoms with Crippen molar-refractivity contribution in [2.24, 2.45) is 0 Å². The average Bonchev–Trinajstić information content (AvgIpc) is 2.95. The Morgan fingerprint density at radius 1 is 1.42 bits per heavy atom. The number of nitrogens with zero attached hydrogens (tertiary/aromatic N) is 2. The zero-order chi connectivity index (χ0) is 13.7. The van der Waals surface area contributed by atoms with E-state index in [0.717, 1.165) is 49.5 Å². The summed E-state index contributed by atoms with van der Waals surface area (Å²) in [5, 5.41) is 6.64. The quantitative estimate of drug-likeness (QED) is 0.826. The van der Waals surface area contributed by atoms with Gasteiger partial charge in [-0.1, -0.05) is 13.3 Å². The van der Waals surface area contributed by atoms with Crippen LogP contribution in [0.25, 0.3) is 0 Å². The van der Waals surface area contributed by atoms with Crippen molar-refractivity contribution in [3.05, 3.63) is 11.9 Å². The van der Waals surface area contributed by atoms with Gasteiger partial charge in [-0.3, -0.25) is 0 Å². The lowest BCUT2D eigenvalue weighted by molar-refractivity contribution is 0.0995. The minimum atomic E-state index is 0.276. The number of nitrogens with one attached hydrogen (secondary N) is 2. The first-order chi connectivity index (χ1) is 9.26. The Morgan fingerprint density at radius 2 is 2.21 bits per heavy atom. The number of rotatable bonds is 6. The fourth-order valence-corrected chi connectivity index (χ4v) is 2.54. The van der Waals surface area contributed by atoms with Crippen LogP contribution in [0.15, 0.2) is 6.33 Å². The van der Waals surface area contributed by atoms with Gasteiger partial charge in [0.15, 0.2) is 0 Å². The molecule has 19 heavy (non-hydrogen) atoms. The van der Waals surface area contributed by atoms with Gasteiger partial charge >= 0.3 is 0 Å². The van der Waals surface area contributed by atoms with Crippen molar-refractivity contribution < 1.29 is 4.74 Å². The van der Waals surface area contributed by atoms with E-state index in [4.69, 9.17) is 4.74 Å². The second-order valence-corrected chi connectivity index (χ2v) is 5.03. The summed E-state index contributed by atoms with van der Waals surface area (Å²) < 4.78 is 5.72. The molecule has 0 aromatic carbocycles. The normalized spacial score (nSPS) is 20.3. The summed E-state index contributed by atoms with van der Waals surface area (Å²) in [6.45, 7) is 5.21. The highest BCUT2D eigenvalue weighted by Crippen LogP contribution is 2.24. The Labute approximate surface area is 115 Å². The highest BCUT2D eigenvalue weighted by Gasteiger charge is 2.23. The Morgan fingerprint density at radius 3 is 2.84 bits per heavy atom. The van der Waals surface area contributed by atoms with Gasteiger partial charge in [0.05, 0.1) is 12.1 Å². The van der Waals surface area contributed by atoms with Crippen LogP contribution in [-0.2, 0) is 11.2 Å². The summed E-state index contributed by atoms with van der Waals surface area (Å²) in [5.74, 6) is 1.85. The molecule has 0 aliphatic carbocycles. The highest BCUT2D eigenvalue weighted by atomic mass is 16.5. The third-order valence-electron chi connectivity index (χ3n) is 3.57. The maximum absolute atomic E-state index is 5.72. The Bertz CT molecular complexity index is 404. The lowest BCUT2D eigenvalue weighted by atomic mass is 10.1. The van der Waals surface area contributed by atoms with E-state index in [0.29, 0.717) is 6.10 Å². The molecule has 0 spiro atoms. The second kappa shape index (κ2) is 6.70. The van der Waals surface area contributed by atoms with Crippen molar-refractivity contribution in [1.29, 1.82) is 0 Å². The molecule has 1 fully saturated rings. The topological polar surface area (TPSA) is 59.1 Å². The molecular weight excluding hydrogens is 240 g/mol. The fraction of sp³-hybridized carbons (Fsp3) is 0.714. The first-order valence-corrected chi connectivity index (χ1v) is 7.16. The summed E-state index contributed by atoms with van der Waals surface area (Å²) in [6, 6.07) is 0.276. The number of hydrogen-bond donors (Lipinski definition) is 2. The van der Waals surface area contributed by atoms with Gasteiger partial charge in [0.25, 0.3) is 0 Å². The van der Waals surface area contributed by atoms with E-state index in [2.05, 4.69) is 34.4 Å². The Hall–Kier alpha value is -1.36. The first-order valence-electron chi connectivity index (χ1n) is 7.16. The minimum absolute atomic E-state index is 0.276. The first kappa shape index (κ1) is 14.1. The summed E-state index contributed by atoms with van der Waals surface area (Å²) in [7, 11) is 1.90. The molecule has 1 aromatic heterocycles. The van der Waals surface area contributed by atoms with Gasteiger partial charge in [0.2, 0.25) is 0 Å². The molecule has 5 heteroatoms. The molecule has 2 N–H and O–H groups in total. The van der Waals surface area contributed by atoms with Crippen molar-refractivity contribution in [2.75, 3.05) is 24.3 Å². The van der Waals surface area contributed by atoms with Crippen molar-refractivity contribution in [3.63, 3.8) is 0 Å². The van der Waals surface area contributed by atoms with Gasteiger partial charge in [0, 0.05) is 19.2 Å². The van der Waals surface area contributed by atoms with Crippen LogP contribution in [0.4, 0.5) is 11.6 Å². The molecule has 0 amide bonds. The third kappa shape index (κ3) is 3.35. The van der Waals surface area contributed by atoms with Crippen LogP contribution in [0.3, 0.4) is 0 Å². The molecule has 0 radical (unpaired) electrons. The molecule has 5 nitrogen and oxygen atoms in total. The van der Waals surface area contributed by atoms with Gasteiger partial charge in [-0.25, -0.2) is 9.97 Å². The van der Waals surface area contributed by atoms with Crippen LogP contribution in [-0.4, -0.2) is 35.8 Å². The van der Waals surface area contributed by atoms with Crippen LogP contribution < -0.4 is 10.6 Å². The number of aromatic nitrogens is 2. The minimum Gasteiger partial charge on any atom is -0.376 e. The molecule has 0 bridgehead atoms. The average molecular weight is 264 g/mol. The van der Waals surface area contributed by atoms with Crippen LogP contribution in [0.2, 0.25) is 0 Å². The summed E-state index contributed by atoms with van der Waals surface area (Å²) in [6.07, 6.45) is 6.23. The lowest BCUT2D eigenvalue weighted by Gasteiger charge is -2.22. The maximum Gasteiger partial charge on any atom is 0.135 e. The van der Waals surface area contributed by atoms with Crippen LogP contribution >= 0.6 is 0 Å². The Kier molecular flexibility index (Phi) is 4.96. The van der Waals surface area contributed by atoms with Gasteiger partial charge in [-0.05, 0) is 26.2 Å². The van der Waals surface area contributed by atoms with E-state index in [1.54, 1.807) is 6.33 Å². The zero-order valence-corrected chi connectivity index (χ0v) is 12.1. The molecule has 2 heterocycles. The molecular formula is C14H24N4O. The predicted molar refractivity (Wildman–Crippen MR) is 77.6 cm³/mol. The largest absolute Gasteiger partial charge is 0.376 e. The number of ether oxygens (including phenoxy) is 1. The van der Waals surface area contributed by atoms with Crippen molar-refractivity contribution in [3.8, 4) is 0 Å². The second-order valence-electron chi connectivity index (χ2n) is 5.03. The van der Waals surface area contributed by atoms with Crippen molar-refractivity contribution in [1.82, 2.24) is 9.97 Å². The number of hydrogen-bond acceptors (Lipinski definition) is 5. The van der Waals surface area contributed by atoms with Gasteiger partial charge in [0.1, 0.15) is 18.0 Å². The molecule has 1 saturated heterocycles. The molecule has 2 atom stereocenters. The van der Waals surface area contributed by atoms with E-state index in [1.165, 1.54) is 0 Å². The smallest absolute Gasteiger partial charge is 0.135 e. The van der Waals surface area contributed by atoms with Gasteiger partial charge in [-0.2, -0.15) is 0 Å². The van der Waals surface area contributed by atoms with Crippen LogP contribution in [0.1, 0.15) is 38.7 Å². The number of anilines is 2. The fourth-order valence-electron chi connectivity index (χ4n) is 2.54. The molecule has 2 rings (SSSR count). The highest BCUT2D eigenvalue weighted by molar-refractivity contribution is 5.57. The van der Waals surface area contributed by atoms with E-state index in [1.807, 2.05) is 7.05 Å². The van der Waals surface area contributed by atoms with Gasteiger partial charge < -0.3 is 15.4 Å². The summed E-state index contributed by atoms with van der Waals surface area (Å²) in [4.78, 5) is 8.69. The van der Waals surface area contributed by atoms with Crippen molar-refractivity contribution in [2.45, 2.75) is 51.7 Å². The van der Waals surface area contributed by atoms with Gasteiger partial charge in [-0.15, -0.1) is 0 Å².